The second-order valence-electron chi connectivity index (χ2n) is 6.52. The molecule has 0 heterocycles. The number of benzene rings is 3. The molecule has 0 saturated heterocycles. The highest BCUT2D eigenvalue weighted by Gasteiger charge is 2.11. The number of ether oxygens (including phenoxy) is 1. The van der Waals surface area contributed by atoms with Crippen LogP contribution in [0.25, 0.3) is 0 Å². The number of hydrogen-bond donors (Lipinski definition) is 1. The van der Waals surface area contributed by atoms with Gasteiger partial charge in [-0.1, -0.05) is 72.8 Å². The van der Waals surface area contributed by atoms with Crippen molar-refractivity contribution < 1.29 is 9.53 Å². The number of rotatable bonds is 9. The van der Waals surface area contributed by atoms with Crippen LogP contribution in [0.1, 0.15) is 16.7 Å². The fourth-order valence-corrected chi connectivity index (χ4v) is 2.96. The van der Waals surface area contributed by atoms with Gasteiger partial charge in [0.05, 0.1) is 6.54 Å². The van der Waals surface area contributed by atoms with Gasteiger partial charge >= 0.3 is 0 Å². The molecular formula is C23H24N2O2. The summed E-state index contributed by atoms with van der Waals surface area (Å²) in [5.41, 5.74) is 8.79. The Kier molecular flexibility index (Phi) is 6.61. The summed E-state index contributed by atoms with van der Waals surface area (Å²) in [4.78, 5) is 13.5. The Labute approximate surface area is 160 Å². The molecule has 0 fully saturated rings. The number of carbonyl (C=O) groups excluding carboxylic acids is 1. The zero-order chi connectivity index (χ0) is 18.9. The fraction of sp³-hybridized carbons (Fsp3) is 0.174. The Morgan fingerprint density at radius 1 is 0.778 bits per heavy atom. The average Bonchev–Trinajstić information content (AvgIpc) is 2.68. The van der Waals surface area contributed by atoms with Gasteiger partial charge < -0.3 is 10.5 Å². The lowest BCUT2D eigenvalue weighted by atomic mass is 10.1. The molecule has 0 saturated carbocycles. The van der Waals surface area contributed by atoms with E-state index in [1.165, 1.54) is 0 Å². The summed E-state index contributed by atoms with van der Waals surface area (Å²) in [7, 11) is 0. The van der Waals surface area contributed by atoms with E-state index in [2.05, 4.69) is 0 Å². The molecule has 4 nitrogen and oxygen atoms in total. The Balaban J connectivity index is 1.65. The van der Waals surface area contributed by atoms with Crippen LogP contribution in [0.2, 0.25) is 0 Å². The molecule has 3 aromatic rings. The molecule has 0 aromatic heterocycles. The minimum absolute atomic E-state index is 0.212. The Morgan fingerprint density at radius 3 is 2.04 bits per heavy atom. The van der Waals surface area contributed by atoms with E-state index >= 15 is 0 Å². The van der Waals surface area contributed by atoms with Crippen molar-refractivity contribution in [3.63, 3.8) is 0 Å². The molecule has 0 aliphatic heterocycles. The second kappa shape index (κ2) is 9.55. The van der Waals surface area contributed by atoms with Gasteiger partial charge in [-0.05, 0) is 28.8 Å². The highest BCUT2D eigenvalue weighted by Crippen LogP contribution is 2.17. The first-order valence-electron chi connectivity index (χ1n) is 8.99. The number of carbonyl (C=O) groups is 1. The lowest BCUT2D eigenvalue weighted by molar-refractivity contribution is -0.119. The van der Waals surface area contributed by atoms with Gasteiger partial charge in [-0.15, -0.1) is 0 Å². The van der Waals surface area contributed by atoms with Crippen molar-refractivity contribution in [3.8, 4) is 5.75 Å². The Hall–Kier alpha value is -3.11. The summed E-state index contributed by atoms with van der Waals surface area (Å²) in [6.07, 6.45) is 0. The summed E-state index contributed by atoms with van der Waals surface area (Å²) in [5, 5.41) is 0. The third-order valence-corrected chi connectivity index (χ3v) is 4.18. The first-order valence-corrected chi connectivity index (χ1v) is 8.99. The molecule has 2 N–H and O–H groups in total. The molecule has 4 heteroatoms. The average molecular weight is 360 g/mol. The molecule has 138 valence electrons. The summed E-state index contributed by atoms with van der Waals surface area (Å²) in [6.45, 7) is 2.03. The minimum atomic E-state index is -0.331. The molecule has 0 radical (unpaired) electrons. The zero-order valence-electron chi connectivity index (χ0n) is 15.3. The van der Waals surface area contributed by atoms with Crippen LogP contribution in [0.15, 0.2) is 84.9 Å². The van der Waals surface area contributed by atoms with Crippen LogP contribution in [0.3, 0.4) is 0 Å². The smallest absolute Gasteiger partial charge is 0.231 e. The summed E-state index contributed by atoms with van der Waals surface area (Å²) in [5.74, 6) is 0.484. The van der Waals surface area contributed by atoms with E-state index in [0.29, 0.717) is 19.7 Å². The van der Waals surface area contributed by atoms with E-state index in [0.717, 1.165) is 22.4 Å². The predicted molar refractivity (Wildman–Crippen MR) is 107 cm³/mol. The molecule has 3 aromatic carbocycles. The fourth-order valence-electron chi connectivity index (χ4n) is 2.96. The van der Waals surface area contributed by atoms with Gasteiger partial charge in [-0.2, -0.15) is 0 Å². The van der Waals surface area contributed by atoms with Crippen molar-refractivity contribution in [2.75, 3.05) is 6.54 Å². The molecule has 1 amide bonds. The summed E-state index contributed by atoms with van der Waals surface area (Å²) in [6, 6.07) is 28.1. The van der Waals surface area contributed by atoms with Crippen LogP contribution < -0.4 is 10.5 Å². The topological polar surface area (TPSA) is 55.6 Å². The first kappa shape index (κ1) is 18.7. The van der Waals surface area contributed by atoms with Gasteiger partial charge in [0, 0.05) is 13.1 Å². The minimum Gasteiger partial charge on any atom is -0.489 e. The van der Waals surface area contributed by atoms with Gasteiger partial charge in [-0.3, -0.25) is 9.69 Å². The number of hydrogen-bond acceptors (Lipinski definition) is 3. The first-order chi connectivity index (χ1) is 13.2. The van der Waals surface area contributed by atoms with Crippen LogP contribution in [0.5, 0.6) is 5.75 Å². The molecule has 0 atom stereocenters. The van der Waals surface area contributed by atoms with Crippen LogP contribution in [-0.2, 0) is 24.5 Å². The highest BCUT2D eigenvalue weighted by atomic mass is 16.5. The van der Waals surface area contributed by atoms with Gasteiger partial charge in [0.1, 0.15) is 12.4 Å². The van der Waals surface area contributed by atoms with E-state index in [1.54, 1.807) is 0 Å². The van der Waals surface area contributed by atoms with Crippen molar-refractivity contribution in [2.24, 2.45) is 5.73 Å². The standard InChI is InChI=1S/C23H24N2O2/c24-23(26)17-25(15-19-8-3-1-4-9-19)16-21-12-7-13-22(14-21)27-18-20-10-5-2-6-11-20/h1-14H,15-18H2,(H2,24,26). The Morgan fingerprint density at radius 2 is 1.37 bits per heavy atom. The van der Waals surface area contributed by atoms with Gasteiger partial charge in [0.25, 0.3) is 0 Å². The van der Waals surface area contributed by atoms with Crippen molar-refractivity contribution in [2.45, 2.75) is 19.7 Å². The summed E-state index contributed by atoms with van der Waals surface area (Å²) >= 11 is 0. The maximum atomic E-state index is 11.5. The molecule has 0 spiro atoms. The predicted octanol–water partition coefficient (Wildman–Crippen LogP) is 3.75. The highest BCUT2D eigenvalue weighted by molar-refractivity contribution is 5.75. The molecule has 0 bridgehead atoms. The molecule has 0 unspecified atom stereocenters. The maximum absolute atomic E-state index is 11.5. The van der Waals surface area contributed by atoms with Crippen LogP contribution in [0.4, 0.5) is 0 Å². The van der Waals surface area contributed by atoms with E-state index in [4.69, 9.17) is 10.5 Å². The van der Waals surface area contributed by atoms with E-state index in [1.807, 2.05) is 89.8 Å². The molecule has 0 aliphatic carbocycles. The number of nitrogens with two attached hydrogens (primary N) is 1. The maximum Gasteiger partial charge on any atom is 0.231 e. The monoisotopic (exact) mass is 360 g/mol. The van der Waals surface area contributed by atoms with Gasteiger partial charge in [0.15, 0.2) is 0 Å². The van der Waals surface area contributed by atoms with Crippen LogP contribution in [-0.4, -0.2) is 17.4 Å². The lowest BCUT2D eigenvalue weighted by Gasteiger charge is -2.21. The molecule has 3 rings (SSSR count). The quantitative estimate of drug-likeness (QED) is 0.632. The third kappa shape index (κ3) is 6.28. The second-order valence-corrected chi connectivity index (χ2v) is 6.52. The van der Waals surface area contributed by atoms with Gasteiger partial charge in [0.2, 0.25) is 5.91 Å². The largest absolute Gasteiger partial charge is 0.489 e. The van der Waals surface area contributed by atoms with Crippen LogP contribution in [0, 0.1) is 0 Å². The lowest BCUT2D eigenvalue weighted by Crippen LogP contribution is -2.33. The van der Waals surface area contributed by atoms with Crippen LogP contribution >= 0.6 is 0 Å². The number of amides is 1. The van der Waals surface area contributed by atoms with E-state index < -0.39 is 0 Å². The summed E-state index contributed by atoms with van der Waals surface area (Å²) < 4.78 is 5.90. The molecule has 0 aliphatic rings. The van der Waals surface area contributed by atoms with Crippen molar-refractivity contribution in [3.05, 3.63) is 102 Å². The van der Waals surface area contributed by atoms with E-state index in [9.17, 15) is 4.79 Å². The van der Waals surface area contributed by atoms with Crippen molar-refractivity contribution in [1.82, 2.24) is 4.90 Å². The van der Waals surface area contributed by atoms with Crippen molar-refractivity contribution >= 4 is 5.91 Å². The van der Waals surface area contributed by atoms with Crippen molar-refractivity contribution in [1.29, 1.82) is 0 Å². The Bertz CT molecular complexity index is 851. The number of primary amides is 1. The van der Waals surface area contributed by atoms with E-state index in [-0.39, 0.29) is 12.5 Å². The third-order valence-electron chi connectivity index (χ3n) is 4.18. The zero-order valence-corrected chi connectivity index (χ0v) is 15.3. The molecular weight excluding hydrogens is 336 g/mol. The number of nitrogens with zero attached hydrogens (tertiary/aromatic N) is 1. The molecule has 27 heavy (non-hydrogen) atoms. The van der Waals surface area contributed by atoms with Gasteiger partial charge in [-0.25, -0.2) is 0 Å². The SMILES string of the molecule is NC(=O)CN(Cc1ccccc1)Cc1cccc(OCc2ccccc2)c1. The normalized spacial score (nSPS) is 10.7.